The van der Waals surface area contributed by atoms with Crippen molar-refractivity contribution in [3.63, 3.8) is 0 Å². The average Bonchev–Trinajstić information content (AvgIpc) is 2.47. The maximum absolute atomic E-state index is 13.6. The van der Waals surface area contributed by atoms with Gasteiger partial charge in [-0.2, -0.15) is 0 Å². The molecule has 0 heterocycles. The summed E-state index contributed by atoms with van der Waals surface area (Å²) in [6, 6.07) is 11.4. The van der Waals surface area contributed by atoms with Crippen molar-refractivity contribution in [3.05, 3.63) is 71.3 Å². The smallest absolute Gasteiger partial charge is 0.223 e. The number of hydrogen-bond donors (Lipinski definition) is 2. The zero-order valence-corrected chi connectivity index (χ0v) is 12.1. The lowest BCUT2D eigenvalue weighted by Crippen LogP contribution is -2.28. The van der Waals surface area contributed by atoms with Crippen molar-refractivity contribution in [2.45, 2.75) is 25.5 Å². The molecule has 2 aromatic rings. The number of carbonyl (C=O) groups excluding carboxylic acids is 1. The Morgan fingerprint density at radius 2 is 1.86 bits per heavy atom. The monoisotopic (exact) mass is 305 g/mol. The SMILES string of the molecule is CC(NC(=O)CC(O)c1ccccc1)c1ccc(F)cc1F. The Morgan fingerprint density at radius 3 is 2.50 bits per heavy atom. The molecule has 2 aromatic carbocycles. The molecule has 0 radical (unpaired) electrons. The molecule has 2 N–H and O–H groups in total. The molecule has 5 heteroatoms. The first-order valence-electron chi connectivity index (χ1n) is 6.94. The molecular formula is C17H17F2NO2. The van der Waals surface area contributed by atoms with Crippen LogP contribution in [0.1, 0.15) is 36.6 Å². The van der Waals surface area contributed by atoms with Crippen LogP contribution in [-0.2, 0) is 4.79 Å². The van der Waals surface area contributed by atoms with E-state index >= 15 is 0 Å². The lowest BCUT2D eigenvalue weighted by Gasteiger charge is -2.17. The molecular weight excluding hydrogens is 288 g/mol. The van der Waals surface area contributed by atoms with E-state index in [1.165, 1.54) is 6.07 Å². The maximum atomic E-state index is 13.6. The number of rotatable bonds is 5. The summed E-state index contributed by atoms with van der Waals surface area (Å²) < 4.78 is 26.5. The number of nitrogens with one attached hydrogen (secondary N) is 1. The summed E-state index contributed by atoms with van der Waals surface area (Å²) in [5, 5.41) is 12.6. The fourth-order valence-corrected chi connectivity index (χ4v) is 2.20. The summed E-state index contributed by atoms with van der Waals surface area (Å²) in [5.74, 6) is -1.79. The fraction of sp³-hybridized carbons (Fsp3) is 0.235. The van der Waals surface area contributed by atoms with Crippen LogP contribution in [-0.4, -0.2) is 11.0 Å². The second-order valence-electron chi connectivity index (χ2n) is 5.09. The number of aliphatic hydroxyl groups is 1. The Labute approximate surface area is 127 Å². The quantitative estimate of drug-likeness (QED) is 0.891. The molecule has 0 spiro atoms. The first kappa shape index (κ1) is 16.1. The number of aliphatic hydroxyl groups excluding tert-OH is 1. The van der Waals surface area contributed by atoms with Crippen molar-refractivity contribution >= 4 is 5.91 Å². The average molecular weight is 305 g/mol. The largest absolute Gasteiger partial charge is 0.388 e. The van der Waals surface area contributed by atoms with Crippen molar-refractivity contribution in [2.75, 3.05) is 0 Å². The van der Waals surface area contributed by atoms with Gasteiger partial charge in [0.25, 0.3) is 0 Å². The van der Waals surface area contributed by atoms with Crippen molar-refractivity contribution in [1.29, 1.82) is 0 Å². The molecule has 2 unspecified atom stereocenters. The molecule has 0 saturated carbocycles. The van der Waals surface area contributed by atoms with E-state index in [4.69, 9.17) is 0 Å². The molecule has 116 valence electrons. The van der Waals surface area contributed by atoms with Crippen LogP contribution in [0.15, 0.2) is 48.5 Å². The molecule has 0 aromatic heterocycles. The van der Waals surface area contributed by atoms with Crippen LogP contribution in [0.2, 0.25) is 0 Å². The zero-order chi connectivity index (χ0) is 16.1. The summed E-state index contributed by atoms with van der Waals surface area (Å²) in [6.45, 7) is 1.60. The summed E-state index contributed by atoms with van der Waals surface area (Å²) in [4.78, 5) is 11.9. The first-order valence-corrected chi connectivity index (χ1v) is 6.94. The van der Waals surface area contributed by atoms with Gasteiger partial charge in [-0.25, -0.2) is 8.78 Å². The highest BCUT2D eigenvalue weighted by Crippen LogP contribution is 2.20. The van der Waals surface area contributed by atoms with E-state index in [0.29, 0.717) is 5.56 Å². The number of halogens is 2. The third kappa shape index (κ3) is 4.11. The Bertz CT molecular complexity index is 646. The van der Waals surface area contributed by atoms with Crippen molar-refractivity contribution < 1.29 is 18.7 Å². The summed E-state index contributed by atoms with van der Waals surface area (Å²) in [6.07, 6.45) is -1.05. The van der Waals surface area contributed by atoms with Gasteiger partial charge in [-0.05, 0) is 18.6 Å². The van der Waals surface area contributed by atoms with Crippen molar-refractivity contribution in [1.82, 2.24) is 5.32 Å². The second kappa shape index (κ2) is 7.13. The Morgan fingerprint density at radius 1 is 1.18 bits per heavy atom. The standard InChI is InChI=1S/C17H17F2NO2/c1-11(14-8-7-13(18)9-15(14)19)20-17(22)10-16(21)12-5-3-2-4-6-12/h2-9,11,16,21H,10H2,1H3,(H,20,22). The summed E-state index contributed by atoms with van der Waals surface area (Å²) >= 11 is 0. The summed E-state index contributed by atoms with van der Waals surface area (Å²) in [7, 11) is 0. The number of carbonyl (C=O) groups is 1. The van der Waals surface area contributed by atoms with Gasteiger partial charge < -0.3 is 10.4 Å². The van der Waals surface area contributed by atoms with Gasteiger partial charge >= 0.3 is 0 Å². The predicted molar refractivity (Wildman–Crippen MR) is 78.9 cm³/mol. The minimum Gasteiger partial charge on any atom is -0.388 e. The molecule has 3 nitrogen and oxygen atoms in total. The minimum atomic E-state index is -0.925. The van der Waals surface area contributed by atoms with E-state index in [1.807, 2.05) is 6.07 Å². The topological polar surface area (TPSA) is 49.3 Å². The highest BCUT2D eigenvalue weighted by Gasteiger charge is 2.17. The minimum absolute atomic E-state index is 0.128. The van der Waals surface area contributed by atoms with Crippen LogP contribution in [0.5, 0.6) is 0 Å². The van der Waals surface area contributed by atoms with E-state index in [2.05, 4.69) is 5.32 Å². The van der Waals surface area contributed by atoms with Crippen LogP contribution < -0.4 is 5.32 Å². The van der Waals surface area contributed by atoms with Crippen LogP contribution in [0.4, 0.5) is 8.78 Å². The third-order valence-corrected chi connectivity index (χ3v) is 3.37. The van der Waals surface area contributed by atoms with Crippen LogP contribution >= 0.6 is 0 Å². The number of benzene rings is 2. The molecule has 22 heavy (non-hydrogen) atoms. The van der Waals surface area contributed by atoms with Crippen molar-refractivity contribution in [2.24, 2.45) is 0 Å². The molecule has 0 bridgehead atoms. The second-order valence-corrected chi connectivity index (χ2v) is 5.09. The summed E-state index contributed by atoms with van der Waals surface area (Å²) in [5.41, 5.74) is 0.835. The van der Waals surface area contributed by atoms with Crippen LogP contribution in [0, 0.1) is 11.6 Å². The van der Waals surface area contributed by atoms with Gasteiger partial charge in [0, 0.05) is 11.6 Å². The molecule has 2 rings (SSSR count). The van der Waals surface area contributed by atoms with Crippen LogP contribution in [0.3, 0.4) is 0 Å². The van der Waals surface area contributed by atoms with E-state index < -0.39 is 29.7 Å². The Hall–Kier alpha value is -2.27. The Kier molecular flexibility index (Phi) is 5.22. The zero-order valence-electron chi connectivity index (χ0n) is 12.1. The van der Waals surface area contributed by atoms with E-state index in [0.717, 1.165) is 12.1 Å². The van der Waals surface area contributed by atoms with Gasteiger partial charge in [0.05, 0.1) is 18.6 Å². The van der Waals surface area contributed by atoms with Gasteiger partial charge in [0.2, 0.25) is 5.91 Å². The highest BCUT2D eigenvalue weighted by molar-refractivity contribution is 5.77. The molecule has 0 fully saturated rings. The predicted octanol–water partition coefficient (Wildman–Crippen LogP) is 3.27. The maximum Gasteiger partial charge on any atom is 0.223 e. The van der Waals surface area contributed by atoms with E-state index in [-0.39, 0.29) is 12.0 Å². The Balaban J connectivity index is 1.96. The normalized spacial score (nSPS) is 13.5. The van der Waals surface area contributed by atoms with Gasteiger partial charge in [-0.1, -0.05) is 36.4 Å². The van der Waals surface area contributed by atoms with E-state index in [9.17, 15) is 18.7 Å². The molecule has 0 saturated heterocycles. The van der Waals surface area contributed by atoms with Crippen LogP contribution in [0.25, 0.3) is 0 Å². The molecule has 0 aliphatic rings. The van der Waals surface area contributed by atoms with Gasteiger partial charge in [-0.15, -0.1) is 0 Å². The van der Waals surface area contributed by atoms with Gasteiger partial charge in [0.1, 0.15) is 11.6 Å². The van der Waals surface area contributed by atoms with Crippen molar-refractivity contribution in [3.8, 4) is 0 Å². The van der Waals surface area contributed by atoms with Gasteiger partial charge in [-0.3, -0.25) is 4.79 Å². The lowest BCUT2D eigenvalue weighted by atomic mass is 10.0. The van der Waals surface area contributed by atoms with E-state index in [1.54, 1.807) is 31.2 Å². The molecule has 2 atom stereocenters. The highest BCUT2D eigenvalue weighted by atomic mass is 19.1. The van der Waals surface area contributed by atoms with Gasteiger partial charge in [0.15, 0.2) is 0 Å². The molecule has 1 amide bonds. The number of hydrogen-bond acceptors (Lipinski definition) is 2. The lowest BCUT2D eigenvalue weighted by molar-refractivity contribution is -0.123. The fourth-order valence-electron chi connectivity index (χ4n) is 2.20. The number of amides is 1. The first-order chi connectivity index (χ1) is 10.5. The molecule has 0 aliphatic carbocycles. The molecule has 0 aliphatic heterocycles. The third-order valence-electron chi connectivity index (χ3n) is 3.37.